The van der Waals surface area contributed by atoms with Gasteiger partial charge in [0.1, 0.15) is 0 Å². The molecule has 1 atom stereocenters. The third-order valence-corrected chi connectivity index (χ3v) is 6.54. The highest BCUT2D eigenvalue weighted by Crippen LogP contribution is 2.37. The first-order chi connectivity index (χ1) is 13.0. The fourth-order valence-electron chi connectivity index (χ4n) is 2.57. The number of allylic oxidation sites excluding steroid dienone is 1. The Hall–Kier alpha value is -1.98. The summed E-state index contributed by atoms with van der Waals surface area (Å²) in [6, 6.07) is 10.8. The molecule has 0 unspecified atom stereocenters. The van der Waals surface area contributed by atoms with Gasteiger partial charge in [-0.2, -0.15) is 5.26 Å². The minimum atomic E-state index is -0.282. The summed E-state index contributed by atoms with van der Waals surface area (Å²) in [4.78, 5) is 25.2. The molecule has 1 aromatic heterocycles. The van der Waals surface area contributed by atoms with Gasteiger partial charge in [-0.25, -0.2) is 0 Å². The van der Waals surface area contributed by atoms with Crippen LogP contribution in [0.2, 0.25) is 10.0 Å². The predicted molar refractivity (Wildman–Crippen MR) is 110 cm³/mol. The van der Waals surface area contributed by atoms with Crippen molar-refractivity contribution >= 4 is 63.8 Å². The van der Waals surface area contributed by atoms with Gasteiger partial charge in [0, 0.05) is 22.9 Å². The molecule has 5 nitrogen and oxygen atoms in total. The number of thioether (sulfide) groups is 1. The lowest BCUT2D eigenvalue weighted by atomic mass is 9.93. The van der Waals surface area contributed by atoms with Crippen molar-refractivity contribution in [2.24, 2.45) is 0 Å². The van der Waals surface area contributed by atoms with Gasteiger partial charge >= 0.3 is 0 Å². The van der Waals surface area contributed by atoms with Crippen LogP contribution >= 0.6 is 46.3 Å². The molecule has 2 N–H and O–H groups in total. The van der Waals surface area contributed by atoms with Gasteiger partial charge in [0.25, 0.3) is 0 Å². The molecule has 3 rings (SSSR count). The van der Waals surface area contributed by atoms with E-state index in [0.717, 1.165) is 16.6 Å². The predicted octanol–water partition coefficient (Wildman–Crippen LogP) is 4.77. The van der Waals surface area contributed by atoms with Crippen molar-refractivity contribution in [3.8, 4) is 6.07 Å². The standard InChI is InChI=1S/C18H13Cl2N3O2S2/c19-13-4-3-10(6-14(13)20)22-17(25)9-27-18-12(8-21)11(7-16(24)23-18)15-2-1-5-26-15/h1-6,11H,7,9H2,(H,22,25)(H,23,24)/t11-/m1/s1. The zero-order valence-electron chi connectivity index (χ0n) is 13.8. The van der Waals surface area contributed by atoms with Crippen LogP contribution in [0.25, 0.3) is 0 Å². The average molecular weight is 438 g/mol. The second kappa shape index (κ2) is 8.81. The Labute approximate surface area is 174 Å². The second-order valence-electron chi connectivity index (χ2n) is 5.64. The maximum absolute atomic E-state index is 12.2. The van der Waals surface area contributed by atoms with Crippen LogP contribution in [0.1, 0.15) is 17.2 Å². The molecule has 2 amide bonds. The molecule has 2 aromatic rings. The normalized spacial score (nSPS) is 16.6. The molecular formula is C18H13Cl2N3O2S2. The molecule has 1 aliphatic heterocycles. The highest BCUT2D eigenvalue weighted by Gasteiger charge is 2.30. The number of nitrogens with one attached hydrogen (secondary N) is 2. The number of hydrogen-bond donors (Lipinski definition) is 2. The Morgan fingerprint density at radius 3 is 2.85 bits per heavy atom. The van der Waals surface area contributed by atoms with Crippen LogP contribution in [-0.2, 0) is 9.59 Å². The lowest BCUT2D eigenvalue weighted by molar-refractivity contribution is -0.121. The van der Waals surface area contributed by atoms with Gasteiger partial charge in [0.15, 0.2) is 0 Å². The van der Waals surface area contributed by atoms with E-state index in [0.29, 0.717) is 26.3 Å². The Kier molecular flexibility index (Phi) is 6.45. The quantitative estimate of drug-likeness (QED) is 0.705. The van der Waals surface area contributed by atoms with Crippen molar-refractivity contribution in [1.29, 1.82) is 5.26 Å². The van der Waals surface area contributed by atoms with Crippen LogP contribution in [-0.4, -0.2) is 17.6 Å². The molecular weight excluding hydrogens is 425 g/mol. The summed E-state index contributed by atoms with van der Waals surface area (Å²) in [6.07, 6.45) is 0.225. The highest BCUT2D eigenvalue weighted by atomic mass is 35.5. The lowest BCUT2D eigenvalue weighted by Crippen LogP contribution is -2.31. The van der Waals surface area contributed by atoms with Gasteiger partial charge in [-0.1, -0.05) is 41.0 Å². The summed E-state index contributed by atoms with van der Waals surface area (Å²) in [5.74, 6) is -0.682. The van der Waals surface area contributed by atoms with E-state index in [1.54, 1.807) is 18.2 Å². The summed E-state index contributed by atoms with van der Waals surface area (Å²) < 4.78 is 0. The van der Waals surface area contributed by atoms with Crippen molar-refractivity contribution in [2.75, 3.05) is 11.1 Å². The van der Waals surface area contributed by atoms with Crippen LogP contribution in [0, 0.1) is 11.3 Å². The fraction of sp³-hybridized carbons (Fsp3) is 0.167. The Morgan fingerprint density at radius 1 is 1.37 bits per heavy atom. The molecule has 0 radical (unpaired) electrons. The van der Waals surface area contributed by atoms with Crippen LogP contribution < -0.4 is 10.6 Å². The number of carbonyl (C=O) groups is 2. The number of nitriles is 1. The molecule has 0 spiro atoms. The SMILES string of the molecule is N#CC1=C(SCC(=O)Nc2ccc(Cl)c(Cl)c2)NC(=O)C[C@H]1c1cccs1. The molecule has 0 saturated carbocycles. The largest absolute Gasteiger partial charge is 0.325 e. The van der Waals surface area contributed by atoms with E-state index in [-0.39, 0.29) is 29.9 Å². The van der Waals surface area contributed by atoms with Crippen LogP contribution in [0.3, 0.4) is 0 Å². The summed E-state index contributed by atoms with van der Waals surface area (Å²) in [7, 11) is 0. The maximum atomic E-state index is 12.2. The number of nitrogens with zero attached hydrogens (tertiary/aromatic N) is 1. The Bertz CT molecular complexity index is 952. The maximum Gasteiger partial charge on any atom is 0.234 e. The van der Waals surface area contributed by atoms with Crippen molar-refractivity contribution in [3.63, 3.8) is 0 Å². The average Bonchev–Trinajstić information content (AvgIpc) is 3.17. The smallest absolute Gasteiger partial charge is 0.234 e. The first-order valence-electron chi connectivity index (χ1n) is 7.83. The number of benzene rings is 1. The highest BCUT2D eigenvalue weighted by molar-refractivity contribution is 8.03. The Balaban J connectivity index is 1.71. The van der Waals surface area contributed by atoms with E-state index in [1.165, 1.54) is 11.3 Å². The summed E-state index contributed by atoms with van der Waals surface area (Å²) in [5.41, 5.74) is 0.998. The monoisotopic (exact) mass is 437 g/mol. The molecule has 1 aliphatic rings. The van der Waals surface area contributed by atoms with Crippen molar-refractivity contribution in [1.82, 2.24) is 5.32 Å². The zero-order chi connectivity index (χ0) is 19.4. The number of anilines is 1. The molecule has 27 heavy (non-hydrogen) atoms. The van der Waals surface area contributed by atoms with E-state index < -0.39 is 0 Å². The molecule has 0 bridgehead atoms. The van der Waals surface area contributed by atoms with E-state index in [4.69, 9.17) is 23.2 Å². The van der Waals surface area contributed by atoms with Crippen LogP contribution in [0.5, 0.6) is 0 Å². The minimum absolute atomic E-state index is 0.0399. The van der Waals surface area contributed by atoms with E-state index in [2.05, 4.69) is 16.7 Å². The molecule has 138 valence electrons. The van der Waals surface area contributed by atoms with Gasteiger partial charge in [-0.3, -0.25) is 9.59 Å². The number of halogens is 2. The summed E-state index contributed by atoms with van der Waals surface area (Å²) in [6.45, 7) is 0. The van der Waals surface area contributed by atoms with Crippen LogP contribution in [0.4, 0.5) is 5.69 Å². The lowest BCUT2D eigenvalue weighted by Gasteiger charge is -2.23. The van der Waals surface area contributed by atoms with E-state index >= 15 is 0 Å². The first kappa shape index (κ1) is 19.8. The molecule has 2 heterocycles. The minimum Gasteiger partial charge on any atom is -0.325 e. The topological polar surface area (TPSA) is 82.0 Å². The number of amides is 2. The number of thiophene rings is 1. The zero-order valence-corrected chi connectivity index (χ0v) is 16.9. The third-order valence-electron chi connectivity index (χ3n) is 3.79. The van der Waals surface area contributed by atoms with Crippen LogP contribution in [0.15, 0.2) is 46.3 Å². The number of carbonyl (C=O) groups excluding carboxylic acids is 2. The van der Waals surface area contributed by atoms with Gasteiger partial charge in [-0.05, 0) is 29.6 Å². The third kappa shape index (κ3) is 4.85. The van der Waals surface area contributed by atoms with Gasteiger partial charge < -0.3 is 10.6 Å². The van der Waals surface area contributed by atoms with Gasteiger partial charge in [0.05, 0.1) is 32.5 Å². The van der Waals surface area contributed by atoms with E-state index in [1.807, 2.05) is 17.5 Å². The van der Waals surface area contributed by atoms with Gasteiger partial charge in [0.2, 0.25) is 11.8 Å². The summed E-state index contributed by atoms with van der Waals surface area (Å²) >= 11 is 14.4. The Morgan fingerprint density at radius 2 is 2.19 bits per heavy atom. The van der Waals surface area contributed by atoms with Crippen molar-refractivity contribution in [3.05, 3.63) is 61.2 Å². The molecule has 0 saturated heterocycles. The summed E-state index contributed by atoms with van der Waals surface area (Å²) in [5, 5.41) is 18.1. The molecule has 9 heteroatoms. The van der Waals surface area contributed by atoms with E-state index in [9.17, 15) is 14.9 Å². The number of hydrogen-bond acceptors (Lipinski definition) is 5. The molecule has 1 aromatic carbocycles. The molecule has 0 fully saturated rings. The number of rotatable bonds is 5. The second-order valence-corrected chi connectivity index (χ2v) is 8.42. The van der Waals surface area contributed by atoms with Crippen molar-refractivity contribution < 1.29 is 9.59 Å². The molecule has 0 aliphatic carbocycles. The first-order valence-corrected chi connectivity index (χ1v) is 10.4. The van der Waals surface area contributed by atoms with Gasteiger partial charge in [-0.15, -0.1) is 11.3 Å². The van der Waals surface area contributed by atoms with Crippen molar-refractivity contribution in [2.45, 2.75) is 12.3 Å². The fourth-order valence-corrected chi connectivity index (χ4v) is 4.59.